The van der Waals surface area contributed by atoms with E-state index in [-0.39, 0.29) is 11.0 Å². The number of carbonyl (C=O) groups excluding carboxylic acids is 1. The van der Waals surface area contributed by atoms with E-state index in [9.17, 15) is 4.79 Å². The van der Waals surface area contributed by atoms with Gasteiger partial charge in [-0.3, -0.25) is 4.79 Å². The molecule has 3 nitrogen and oxygen atoms in total. The summed E-state index contributed by atoms with van der Waals surface area (Å²) in [4.78, 5) is 13.0. The first-order valence-corrected chi connectivity index (χ1v) is 8.33. The molecule has 5 saturated carbocycles. The Balaban J connectivity index is 1.62. The van der Waals surface area contributed by atoms with Gasteiger partial charge >= 0.3 is 0 Å². The van der Waals surface area contributed by atoms with Crippen LogP contribution in [-0.2, 0) is 4.79 Å². The van der Waals surface area contributed by atoms with Crippen LogP contribution >= 0.6 is 0 Å². The lowest BCUT2D eigenvalue weighted by Gasteiger charge is -2.64. The van der Waals surface area contributed by atoms with Crippen LogP contribution in [0.1, 0.15) is 65.2 Å². The molecule has 2 atom stereocenters. The predicted molar refractivity (Wildman–Crippen MR) is 79.0 cm³/mol. The van der Waals surface area contributed by atoms with Crippen molar-refractivity contribution in [3.63, 3.8) is 0 Å². The van der Waals surface area contributed by atoms with Gasteiger partial charge in [-0.1, -0.05) is 13.8 Å². The van der Waals surface area contributed by atoms with Crippen LogP contribution in [0.2, 0.25) is 0 Å². The molecule has 5 fully saturated rings. The SMILES string of the molecule is CC12CC3CC(C)(C1)CC(C(=O)NC1(CN)CC1)(C3)C2. The Morgan fingerprint density at radius 3 is 2.15 bits per heavy atom. The third-order valence-corrected chi connectivity index (χ3v) is 6.73. The number of hydrogen-bond acceptors (Lipinski definition) is 2. The van der Waals surface area contributed by atoms with E-state index in [0.29, 0.717) is 23.3 Å². The summed E-state index contributed by atoms with van der Waals surface area (Å²) in [7, 11) is 0. The zero-order valence-electron chi connectivity index (χ0n) is 12.9. The molecule has 0 aromatic heterocycles. The van der Waals surface area contributed by atoms with Gasteiger partial charge in [-0.05, 0) is 68.1 Å². The molecule has 2 unspecified atom stereocenters. The average molecular weight is 276 g/mol. The van der Waals surface area contributed by atoms with E-state index in [0.717, 1.165) is 38.0 Å². The Kier molecular flexibility index (Phi) is 2.36. The van der Waals surface area contributed by atoms with Gasteiger partial charge in [-0.25, -0.2) is 0 Å². The molecule has 3 N–H and O–H groups in total. The third-order valence-electron chi connectivity index (χ3n) is 6.73. The van der Waals surface area contributed by atoms with Crippen LogP contribution in [-0.4, -0.2) is 18.0 Å². The van der Waals surface area contributed by atoms with Crippen molar-refractivity contribution in [2.45, 2.75) is 70.8 Å². The highest BCUT2D eigenvalue weighted by Crippen LogP contribution is 2.69. The Morgan fingerprint density at radius 2 is 1.70 bits per heavy atom. The second-order valence-electron chi connectivity index (χ2n) is 9.35. The minimum Gasteiger partial charge on any atom is -0.349 e. The summed E-state index contributed by atoms with van der Waals surface area (Å²) in [6.45, 7) is 5.45. The first-order chi connectivity index (χ1) is 9.30. The maximum atomic E-state index is 13.0. The van der Waals surface area contributed by atoms with Crippen molar-refractivity contribution in [2.24, 2.45) is 27.9 Å². The normalized spacial score (nSPS) is 51.0. The monoisotopic (exact) mass is 276 g/mol. The van der Waals surface area contributed by atoms with Crippen LogP contribution in [0.3, 0.4) is 0 Å². The molecule has 0 aliphatic heterocycles. The van der Waals surface area contributed by atoms with Crippen LogP contribution in [0.25, 0.3) is 0 Å². The van der Waals surface area contributed by atoms with E-state index >= 15 is 0 Å². The van der Waals surface area contributed by atoms with Gasteiger partial charge in [-0.2, -0.15) is 0 Å². The lowest BCUT2D eigenvalue weighted by molar-refractivity contribution is -0.170. The molecule has 0 aromatic carbocycles. The molecule has 5 rings (SSSR count). The number of carbonyl (C=O) groups is 1. The van der Waals surface area contributed by atoms with Gasteiger partial charge in [0.25, 0.3) is 0 Å². The highest BCUT2D eigenvalue weighted by atomic mass is 16.2. The maximum absolute atomic E-state index is 13.0. The summed E-state index contributed by atoms with van der Waals surface area (Å²) >= 11 is 0. The number of amides is 1. The van der Waals surface area contributed by atoms with E-state index in [1.54, 1.807) is 0 Å². The molecule has 5 aliphatic rings. The first-order valence-electron chi connectivity index (χ1n) is 8.33. The van der Waals surface area contributed by atoms with Gasteiger partial charge < -0.3 is 11.1 Å². The molecule has 0 saturated heterocycles. The highest BCUT2D eigenvalue weighted by Gasteiger charge is 2.63. The van der Waals surface area contributed by atoms with Gasteiger partial charge in [0.05, 0.1) is 11.0 Å². The van der Waals surface area contributed by atoms with Crippen LogP contribution < -0.4 is 11.1 Å². The summed E-state index contributed by atoms with van der Waals surface area (Å²) in [6.07, 6.45) is 9.52. The fraction of sp³-hybridized carbons (Fsp3) is 0.941. The summed E-state index contributed by atoms with van der Waals surface area (Å²) < 4.78 is 0. The number of nitrogens with two attached hydrogens (primary N) is 1. The molecule has 20 heavy (non-hydrogen) atoms. The Morgan fingerprint density at radius 1 is 1.10 bits per heavy atom. The van der Waals surface area contributed by atoms with Crippen molar-refractivity contribution in [3.8, 4) is 0 Å². The summed E-state index contributed by atoms with van der Waals surface area (Å²) in [5, 5.41) is 3.34. The average Bonchev–Trinajstić information content (AvgIpc) is 3.04. The molecular formula is C17H28N2O. The standard InChI is InChI=1S/C17H28N2O/c1-14-5-12-6-15(2,8-14)10-16(7-12,9-14)13(20)19-17(11-18)3-4-17/h12H,3-11,18H2,1-2H3,(H,19,20). The highest BCUT2D eigenvalue weighted by molar-refractivity contribution is 5.84. The quantitative estimate of drug-likeness (QED) is 0.832. The largest absolute Gasteiger partial charge is 0.349 e. The molecular weight excluding hydrogens is 248 g/mol. The summed E-state index contributed by atoms with van der Waals surface area (Å²) in [5.41, 5.74) is 6.55. The van der Waals surface area contributed by atoms with E-state index in [1.807, 2.05) is 0 Å². The fourth-order valence-corrected chi connectivity index (χ4v) is 6.61. The van der Waals surface area contributed by atoms with Crippen LogP contribution in [0.4, 0.5) is 0 Å². The van der Waals surface area contributed by atoms with Crippen LogP contribution in [0.5, 0.6) is 0 Å². The van der Waals surface area contributed by atoms with E-state index in [2.05, 4.69) is 19.2 Å². The molecule has 112 valence electrons. The molecule has 0 radical (unpaired) electrons. The minimum atomic E-state index is -0.0757. The van der Waals surface area contributed by atoms with Gasteiger partial charge in [0.15, 0.2) is 0 Å². The predicted octanol–water partition coefficient (Wildman–Crippen LogP) is 2.59. The minimum absolute atomic E-state index is 0.0395. The molecule has 0 heterocycles. The van der Waals surface area contributed by atoms with Gasteiger partial charge in [0.2, 0.25) is 5.91 Å². The molecule has 0 aromatic rings. The zero-order chi connectivity index (χ0) is 14.2. The van der Waals surface area contributed by atoms with Crippen molar-refractivity contribution in [1.29, 1.82) is 0 Å². The van der Waals surface area contributed by atoms with Crippen molar-refractivity contribution in [3.05, 3.63) is 0 Å². The van der Waals surface area contributed by atoms with Gasteiger partial charge in [0, 0.05) is 6.54 Å². The second kappa shape index (κ2) is 3.60. The number of rotatable bonds is 3. The van der Waals surface area contributed by atoms with Gasteiger partial charge in [-0.15, -0.1) is 0 Å². The third kappa shape index (κ3) is 1.78. The molecule has 5 aliphatic carbocycles. The van der Waals surface area contributed by atoms with Crippen LogP contribution in [0.15, 0.2) is 0 Å². The second-order valence-corrected chi connectivity index (χ2v) is 9.35. The number of nitrogens with one attached hydrogen (secondary N) is 1. The Hall–Kier alpha value is -0.570. The van der Waals surface area contributed by atoms with E-state index in [1.165, 1.54) is 19.3 Å². The molecule has 3 heteroatoms. The molecule has 0 spiro atoms. The number of hydrogen-bond donors (Lipinski definition) is 2. The smallest absolute Gasteiger partial charge is 0.226 e. The Labute approximate surface area is 122 Å². The van der Waals surface area contributed by atoms with Crippen molar-refractivity contribution in [1.82, 2.24) is 5.32 Å². The maximum Gasteiger partial charge on any atom is 0.226 e. The van der Waals surface area contributed by atoms with Gasteiger partial charge in [0.1, 0.15) is 0 Å². The zero-order valence-corrected chi connectivity index (χ0v) is 12.9. The fourth-order valence-electron chi connectivity index (χ4n) is 6.61. The lowest BCUT2D eigenvalue weighted by Crippen LogP contribution is -2.61. The van der Waals surface area contributed by atoms with Crippen molar-refractivity contribution >= 4 is 5.91 Å². The van der Waals surface area contributed by atoms with E-state index < -0.39 is 0 Å². The molecule has 4 bridgehead atoms. The topological polar surface area (TPSA) is 55.1 Å². The molecule has 1 amide bonds. The summed E-state index contributed by atoms with van der Waals surface area (Å²) in [6, 6.07) is 0. The Bertz CT molecular complexity index is 450. The summed E-state index contributed by atoms with van der Waals surface area (Å²) in [5.74, 6) is 1.11. The van der Waals surface area contributed by atoms with Crippen LogP contribution in [0, 0.1) is 22.2 Å². The first kappa shape index (κ1) is 13.1. The van der Waals surface area contributed by atoms with E-state index in [4.69, 9.17) is 5.73 Å². The van der Waals surface area contributed by atoms with Crippen molar-refractivity contribution < 1.29 is 4.79 Å². The van der Waals surface area contributed by atoms with Crippen molar-refractivity contribution in [2.75, 3.05) is 6.54 Å². The lowest BCUT2D eigenvalue weighted by atomic mass is 9.40.